The van der Waals surface area contributed by atoms with Crippen LogP contribution in [-0.2, 0) is 14.8 Å². The minimum atomic E-state index is -3.57. The van der Waals surface area contributed by atoms with E-state index >= 15 is 0 Å². The first-order valence-electron chi connectivity index (χ1n) is 10.1. The second-order valence-corrected chi connectivity index (χ2v) is 9.01. The molecule has 1 heterocycles. The Kier molecular flexibility index (Phi) is 5.86. The zero-order valence-electron chi connectivity index (χ0n) is 17.1. The highest BCUT2D eigenvalue weighted by Gasteiger charge is 2.29. The summed E-state index contributed by atoms with van der Waals surface area (Å²) in [6.07, 6.45) is 0.167. The van der Waals surface area contributed by atoms with Crippen molar-refractivity contribution in [3.63, 3.8) is 0 Å². The molecule has 0 fully saturated rings. The number of fused-ring (bicyclic) bond motifs is 1. The molecule has 2 N–H and O–H groups in total. The van der Waals surface area contributed by atoms with Gasteiger partial charge in [-0.05, 0) is 35.7 Å². The van der Waals surface area contributed by atoms with Gasteiger partial charge in [0.15, 0.2) is 0 Å². The van der Waals surface area contributed by atoms with E-state index in [1.165, 1.54) is 6.07 Å². The van der Waals surface area contributed by atoms with E-state index in [0.717, 1.165) is 16.7 Å². The summed E-state index contributed by atoms with van der Waals surface area (Å²) in [5, 5.41) is 2.97. The fourth-order valence-electron chi connectivity index (χ4n) is 3.51. The van der Waals surface area contributed by atoms with Gasteiger partial charge in [-0.25, -0.2) is 8.42 Å². The number of aliphatic imine (C=N–C) groups is 1. The van der Waals surface area contributed by atoms with E-state index in [-0.39, 0.29) is 35.6 Å². The maximum atomic E-state index is 12.3. The minimum Gasteiger partial charge on any atom is -0.350 e. The van der Waals surface area contributed by atoms with E-state index in [0.29, 0.717) is 5.56 Å². The van der Waals surface area contributed by atoms with Crippen LogP contribution in [0.3, 0.4) is 0 Å². The van der Waals surface area contributed by atoms with Crippen LogP contribution in [0.5, 0.6) is 0 Å². The van der Waals surface area contributed by atoms with Gasteiger partial charge in [0.2, 0.25) is 5.91 Å². The Morgan fingerprint density at radius 1 is 0.935 bits per heavy atom. The fourth-order valence-corrected chi connectivity index (χ4v) is 4.76. The number of rotatable bonds is 6. The first-order chi connectivity index (χ1) is 14.9. The van der Waals surface area contributed by atoms with Gasteiger partial charge in [0.25, 0.3) is 10.0 Å². The number of carbonyl (C=O) groups is 1. The van der Waals surface area contributed by atoms with Gasteiger partial charge in [0, 0.05) is 12.0 Å². The number of carbonyl (C=O) groups excluding carboxylic acids is 1. The summed E-state index contributed by atoms with van der Waals surface area (Å²) in [7, 11) is -3.57. The quantitative estimate of drug-likeness (QED) is 0.622. The van der Waals surface area contributed by atoms with E-state index in [9.17, 15) is 13.2 Å². The first-order valence-corrected chi connectivity index (χ1v) is 11.5. The maximum Gasteiger partial charge on any atom is 0.263 e. The van der Waals surface area contributed by atoms with Crippen molar-refractivity contribution in [1.82, 2.24) is 10.0 Å². The van der Waals surface area contributed by atoms with E-state index < -0.39 is 10.0 Å². The van der Waals surface area contributed by atoms with Crippen molar-refractivity contribution in [2.75, 3.05) is 6.54 Å². The molecule has 6 nitrogen and oxygen atoms in total. The Labute approximate surface area is 182 Å². The molecule has 4 rings (SSSR count). The molecule has 0 saturated heterocycles. The van der Waals surface area contributed by atoms with Gasteiger partial charge in [-0.15, -0.1) is 0 Å². The highest BCUT2D eigenvalue weighted by atomic mass is 32.2. The van der Waals surface area contributed by atoms with Crippen molar-refractivity contribution in [2.45, 2.75) is 24.3 Å². The number of sulfonamides is 1. The van der Waals surface area contributed by atoms with Gasteiger partial charge in [-0.3, -0.25) is 14.5 Å². The third-order valence-electron chi connectivity index (χ3n) is 5.17. The molecule has 31 heavy (non-hydrogen) atoms. The van der Waals surface area contributed by atoms with Crippen molar-refractivity contribution >= 4 is 21.8 Å². The molecule has 1 unspecified atom stereocenters. The van der Waals surface area contributed by atoms with Crippen molar-refractivity contribution in [2.24, 2.45) is 4.99 Å². The lowest BCUT2D eigenvalue weighted by atomic mass is 10.0. The van der Waals surface area contributed by atoms with Crippen molar-refractivity contribution < 1.29 is 13.2 Å². The number of nitrogens with one attached hydrogen (secondary N) is 2. The summed E-state index contributed by atoms with van der Waals surface area (Å²) in [4.78, 5) is 16.8. The van der Waals surface area contributed by atoms with Crippen molar-refractivity contribution in [1.29, 1.82) is 0 Å². The average Bonchev–Trinajstić information content (AvgIpc) is 3.05. The lowest BCUT2D eigenvalue weighted by Gasteiger charge is -2.14. The minimum absolute atomic E-state index is 0.141. The zero-order valence-corrected chi connectivity index (χ0v) is 17.9. The lowest BCUT2D eigenvalue weighted by molar-refractivity contribution is -0.121. The Morgan fingerprint density at radius 3 is 2.32 bits per heavy atom. The van der Waals surface area contributed by atoms with Gasteiger partial charge < -0.3 is 5.32 Å². The summed E-state index contributed by atoms with van der Waals surface area (Å²) in [5.74, 6) is 0.145. The van der Waals surface area contributed by atoms with Crippen LogP contribution in [-0.4, -0.2) is 26.7 Å². The molecule has 1 amide bonds. The van der Waals surface area contributed by atoms with Gasteiger partial charge in [-0.2, -0.15) is 0 Å². The third-order valence-corrected chi connectivity index (χ3v) is 6.56. The van der Waals surface area contributed by atoms with Gasteiger partial charge >= 0.3 is 0 Å². The topological polar surface area (TPSA) is 87.6 Å². The molecule has 0 radical (unpaired) electrons. The van der Waals surface area contributed by atoms with Crippen LogP contribution in [0.1, 0.15) is 30.5 Å². The van der Waals surface area contributed by atoms with E-state index in [1.54, 1.807) is 18.2 Å². The second-order valence-electron chi connectivity index (χ2n) is 7.36. The molecule has 1 aliphatic heterocycles. The van der Waals surface area contributed by atoms with Crippen LogP contribution >= 0.6 is 0 Å². The average molecular weight is 434 g/mol. The first kappa shape index (κ1) is 20.8. The number of hydrogen-bond donors (Lipinski definition) is 2. The van der Waals surface area contributed by atoms with Gasteiger partial charge in [-0.1, -0.05) is 66.7 Å². The number of nitrogens with zero attached hydrogens (tertiary/aromatic N) is 1. The van der Waals surface area contributed by atoms with Crippen LogP contribution < -0.4 is 10.0 Å². The molecular weight excluding hydrogens is 410 g/mol. The highest BCUT2D eigenvalue weighted by molar-refractivity contribution is 7.90. The fraction of sp³-hybridized carbons (Fsp3) is 0.167. The number of amidine groups is 1. The molecule has 1 atom stereocenters. The van der Waals surface area contributed by atoms with Crippen molar-refractivity contribution in [3.8, 4) is 11.1 Å². The molecule has 0 bridgehead atoms. The summed E-state index contributed by atoms with van der Waals surface area (Å²) in [6.45, 7) is 2.13. The Bertz CT molecular complexity index is 1220. The van der Waals surface area contributed by atoms with Gasteiger partial charge in [0.1, 0.15) is 5.84 Å². The van der Waals surface area contributed by atoms with Crippen LogP contribution in [0.15, 0.2) is 88.8 Å². The molecule has 3 aromatic rings. The smallest absolute Gasteiger partial charge is 0.263 e. The standard InChI is InChI=1S/C24H23N3O3S/c1-17(18-11-13-20(14-12-18)19-7-3-2-4-8-19)26-23(28)15-16-25-24-21-9-5-6-10-22(21)31(29,30)27-24/h2-14,17H,15-16H2,1H3,(H,25,27)(H,26,28). The molecule has 1 aliphatic rings. The summed E-state index contributed by atoms with van der Waals surface area (Å²) < 4.78 is 26.7. The molecule has 0 saturated carbocycles. The summed E-state index contributed by atoms with van der Waals surface area (Å²) >= 11 is 0. The molecule has 158 valence electrons. The Balaban J connectivity index is 1.34. The predicted molar refractivity (Wildman–Crippen MR) is 121 cm³/mol. The van der Waals surface area contributed by atoms with E-state index in [2.05, 4.69) is 27.2 Å². The predicted octanol–water partition coefficient (Wildman–Crippen LogP) is 3.66. The zero-order chi connectivity index (χ0) is 21.8. The van der Waals surface area contributed by atoms with E-state index in [1.807, 2.05) is 49.4 Å². The number of benzene rings is 3. The highest BCUT2D eigenvalue weighted by Crippen LogP contribution is 2.23. The Hall–Kier alpha value is -3.45. The molecule has 0 aliphatic carbocycles. The van der Waals surface area contributed by atoms with Crippen molar-refractivity contribution in [3.05, 3.63) is 90.0 Å². The van der Waals surface area contributed by atoms with E-state index in [4.69, 9.17) is 0 Å². The third kappa shape index (κ3) is 4.67. The number of amides is 1. The lowest BCUT2D eigenvalue weighted by Crippen LogP contribution is -2.27. The Morgan fingerprint density at radius 2 is 1.58 bits per heavy atom. The normalized spacial score (nSPS) is 16.4. The van der Waals surface area contributed by atoms with Crippen LogP contribution in [0.25, 0.3) is 11.1 Å². The molecule has 3 aromatic carbocycles. The monoisotopic (exact) mass is 433 g/mol. The SMILES string of the molecule is CC(NC(=O)CCN=C1NS(=O)(=O)c2ccccc21)c1ccc(-c2ccccc2)cc1. The molecule has 0 spiro atoms. The number of hydrogen-bond acceptors (Lipinski definition) is 4. The van der Waals surface area contributed by atoms with Gasteiger partial charge in [0.05, 0.1) is 17.5 Å². The molecule has 0 aromatic heterocycles. The largest absolute Gasteiger partial charge is 0.350 e. The van der Waals surface area contributed by atoms with Crippen LogP contribution in [0, 0.1) is 0 Å². The van der Waals surface area contributed by atoms with Crippen LogP contribution in [0.4, 0.5) is 0 Å². The maximum absolute atomic E-state index is 12.3. The second kappa shape index (κ2) is 8.73. The molecular formula is C24H23N3O3S. The summed E-state index contributed by atoms with van der Waals surface area (Å²) in [6, 6.07) is 24.8. The molecule has 7 heteroatoms. The summed E-state index contributed by atoms with van der Waals surface area (Å²) in [5.41, 5.74) is 3.82. The van der Waals surface area contributed by atoms with Crippen LogP contribution in [0.2, 0.25) is 0 Å².